The van der Waals surface area contributed by atoms with E-state index in [2.05, 4.69) is 170 Å². The third-order valence-electron chi connectivity index (χ3n) is 9.87. The van der Waals surface area contributed by atoms with Crippen molar-refractivity contribution < 1.29 is 4.42 Å². The maximum Gasteiger partial charge on any atom is 0.143 e. The SMILES string of the molecule is c1ccc(-c2c3ccccc3c(-c3ccc(-c4cccc5c4oc4c6ccccc6ccc54)c4ccccc34)c3ccccc23)cc1. The third kappa shape index (κ3) is 3.84. The van der Waals surface area contributed by atoms with Gasteiger partial charge in [0.2, 0.25) is 0 Å². The quantitative estimate of drug-likeness (QED) is 0.185. The molecule has 0 amide bonds. The largest absolute Gasteiger partial charge is 0.455 e. The molecule has 0 fully saturated rings. The first-order valence-corrected chi connectivity index (χ1v) is 16.2. The molecule has 0 unspecified atom stereocenters. The van der Waals surface area contributed by atoms with Gasteiger partial charge in [-0.25, -0.2) is 0 Å². The predicted molar refractivity (Wildman–Crippen MR) is 200 cm³/mol. The van der Waals surface area contributed by atoms with Crippen molar-refractivity contribution in [1.29, 1.82) is 0 Å². The highest BCUT2D eigenvalue weighted by Crippen LogP contribution is 2.47. The van der Waals surface area contributed by atoms with Gasteiger partial charge in [0.15, 0.2) is 0 Å². The van der Waals surface area contributed by atoms with E-state index in [1.54, 1.807) is 0 Å². The molecule has 1 heteroatoms. The minimum Gasteiger partial charge on any atom is -0.455 e. The van der Waals surface area contributed by atoms with Crippen molar-refractivity contribution in [3.63, 3.8) is 0 Å². The number of hydrogen-bond donors (Lipinski definition) is 0. The molecule has 0 saturated heterocycles. The molecule has 0 atom stereocenters. The molecular weight excluding hydrogens is 569 g/mol. The fourth-order valence-electron chi connectivity index (χ4n) is 7.82. The first-order valence-electron chi connectivity index (χ1n) is 16.2. The third-order valence-corrected chi connectivity index (χ3v) is 9.87. The monoisotopic (exact) mass is 596 g/mol. The maximum absolute atomic E-state index is 6.79. The van der Waals surface area contributed by atoms with Gasteiger partial charge in [0.05, 0.1) is 0 Å². The molecular formula is C46H28O. The number of hydrogen-bond acceptors (Lipinski definition) is 1. The smallest absolute Gasteiger partial charge is 0.143 e. The highest BCUT2D eigenvalue weighted by atomic mass is 16.3. The van der Waals surface area contributed by atoms with Gasteiger partial charge >= 0.3 is 0 Å². The lowest BCUT2D eigenvalue weighted by Gasteiger charge is -2.19. The van der Waals surface area contributed by atoms with E-state index in [-0.39, 0.29) is 0 Å². The summed E-state index contributed by atoms with van der Waals surface area (Å²) >= 11 is 0. The van der Waals surface area contributed by atoms with Gasteiger partial charge in [-0.1, -0.05) is 164 Å². The molecule has 10 rings (SSSR count). The Balaban J connectivity index is 1.27. The Morgan fingerprint density at radius 1 is 0.255 bits per heavy atom. The predicted octanol–water partition coefficient (Wildman–Crippen LogP) is 13.2. The van der Waals surface area contributed by atoms with E-state index in [4.69, 9.17) is 4.42 Å². The Bertz CT molecular complexity index is 2780. The average molecular weight is 597 g/mol. The number of para-hydroxylation sites is 1. The summed E-state index contributed by atoms with van der Waals surface area (Å²) < 4.78 is 6.79. The van der Waals surface area contributed by atoms with E-state index in [1.165, 1.54) is 65.5 Å². The first kappa shape index (κ1) is 26.1. The van der Waals surface area contributed by atoms with Gasteiger partial charge in [0.25, 0.3) is 0 Å². The second-order valence-electron chi connectivity index (χ2n) is 12.4. The molecule has 9 aromatic carbocycles. The summed E-state index contributed by atoms with van der Waals surface area (Å²) in [7, 11) is 0. The zero-order chi connectivity index (χ0) is 30.9. The number of fused-ring (bicyclic) bond motifs is 8. The van der Waals surface area contributed by atoms with Crippen LogP contribution in [-0.2, 0) is 0 Å². The van der Waals surface area contributed by atoms with Gasteiger partial charge in [-0.15, -0.1) is 0 Å². The second-order valence-corrected chi connectivity index (χ2v) is 12.4. The fraction of sp³-hybridized carbons (Fsp3) is 0. The lowest BCUT2D eigenvalue weighted by atomic mass is 9.84. The van der Waals surface area contributed by atoms with Crippen molar-refractivity contribution in [2.75, 3.05) is 0 Å². The lowest BCUT2D eigenvalue weighted by Crippen LogP contribution is -1.92. The zero-order valence-electron chi connectivity index (χ0n) is 25.6. The summed E-state index contributed by atoms with van der Waals surface area (Å²) in [6.07, 6.45) is 0. The van der Waals surface area contributed by atoms with Crippen molar-refractivity contribution in [2.24, 2.45) is 0 Å². The molecule has 0 saturated carbocycles. The molecule has 0 spiro atoms. The van der Waals surface area contributed by atoms with E-state index in [1.807, 2.05) is 0 Å². The summed E-state index contributed by atoms with van der Waals surface area (Å²) in [4.78, 5) is 0. The molecule has 10 aromatic rings. The molecule has 0 N–H and O–H groups in total. The molecule has 0 radical (unpaired) electrons. The van der Waals surface area contributed by atoms with Crippen molar-refractivity contribution in [2.45, 2.75) is 0 Å². The van der Waals surface area contributed by atoms with Crippen LogP contribution in [0.4, 0.5) is 0 Å². The number of rotatable bonds is 3. The van der Waals surface area contributed by atoms with E-state index in [0.29, 0.717) is 0 Å². The van der Waals surface area contributed by atoms with Crippen LogP contribution in [0.2, 0.25) is 0 Å². The standard InChI is InChI=1S/C46H28O/c1-2-14-30(15-3-1)43-35-19-8-10-21-37(35)44(38-22-11-9-20-36(38)43)39-28-27-34(32-17-6-7-18-33(32)39)40-23-12-24-41-42-26-25-29-13-4-5-16-31(29)45(42)47-46(40)41/h1-28H. The summed E-state index contributed by atoms with van der Waals surface area (Å²) in [5.41, 5.74) is 9.19. The van der Waals surface area contributed by atoms with E-state index in [0.717, 1.165) is 32.9 Å². The van der Waals surface area contributed by atoms with Crippen LogP contribution >= 0.6 is 0 Å². The Hall–Kier alpha value is -6.18. The van der Waals surface area contributed by atoms with Gasteiger partial charge in [-0.2, -0.15) is 0 Å². The van der Waals surface area contributed by atoms with Crippen LogP contribution in [0.1, 0.15) is 0 Å². The fourth-order valence-corrected chi connectivity index (χ4v) is 7.82. The van der Waals surface area contributed by atoms with E-state index in [9.17, 15) is 0 Å². The van der Waals surface area contributed by atoms with Gasteiger partial charge in [-0.3, -0.25) is 0 Å². The van der Waals surface area contributed by atoms with Crippen LogP contribution < -0.4 is 0 Å². The topological polar surface area (TPSA) is 13.1 Å². The van der Waals surface area contributed by atoms with Crippen LogP contribution in [0.3, 0.4) is 0 Å². The van der Waals surface area contributed by atoms with Gasteiger partial charge in [0.1, 0.15) is 11.2 Å². The molecule has 0 aliphatic rings. The molecule has 1 heterocycles. The first-order chi connectivity index (χ1) is 23.3. The number of furan rings is 1. The van der Waals surface area contributed by atoms with E-state index >= 15 is 0 Å². The van der Waals surface area contributed by atoms with Crippen molar-refractivity contribution in [3.05, 3.63) is 170 Å². The van der Waals surface area contributed by atoms with Crippen LogP contribution in [0.15, 0.2) is 174 Å². The molecule has 1 aromatic heterocycles. The molecule has 47 heavy (non-hydrogen) atoms. The lowest BCUT2D eigenvalue weighted by molar-refractivity contribution is 0.674. The van der Waals surface area contributed by atoms with Crippen molar-refractivity contribution in [3.8, 4) is 33.4 Å². The molecule has 0 aliphatic heterocycles. The highest BCUT2D eigenvalue weighted by Gasteiger charge is 2.20. The highest BCUT2D eigenvalue weighted by molar-refractivity contribution is 6.25. The normalized spacial score (nSPS) is 11.8. The Labute approximate surface area is 271 Å². The van der Waals surface area contributed by atoms with E-state index < -0.39 is 0 Å². The van der Waals surface area contributed by atoms with Crippen molar-refractivity contribution >= 4 is 65.0 Å². The number of benzene rings is 9. The van der Waals surface area contributed by atoms with Crippen LogP contribution in [-0.4, -0.2) is 0 Å². The summed E-state index contributed by atoms with van der Waals surface area (Å²) in [6.45, 7) is 0. The molecule has 1 nitrogen and oxygen atoms in total. The van der Waals surface area contributed by atoms with Gasteiger partial charge in [0, 0.05) is 21.7 Å². The summed E-state index contributed by atoms with van der Waals surface area (Å²) in [6, 6.07) is 61.4. The van der Waals surface area contributed by atoms with Crippen LogP contribution in [0, 0.1) is 0 Å². The molecule has 0 aliphatic carbocycles. The van der Waals surface area contributed by atoms with Crippen molar-refractivity contribution in [1.82, 2.24) is 0 Å². The zero-order valence-corrected chi connectivity index (χ0v) is 25.6. The average Bonchev–Trinajstić information content (AvgIpc) is 3.54. The minimum absolute atomic E-state index is 0.930. The Kier molecular flexibility index (Phi) is 5.64. The van der Waals surface area contributed by atoms with Crippen LogP contribution in [0.25, 0.3) is 98.4 Å². The summed E-state index contributed by atoms with van der Waals surface area (Å²) in [5.74, 6) is 0. The van der Waals surface area contributed by atoms with Gasteiger partial charge < -0.3 is 4.42 Å². The second kappa shape index (κ2) is 10.2. The Morgan fingerprint density at radius 2 is 0.766 bits per heavy atom. The van der Waals surface area contributed by atoms with Crippen LogP contribution in [0.5, 0.6) is 0 Å². The minimum atomic E-state index is 0.930. The Morgan fingerprint density at radius 3 is 1.47 bits per heavy atom. The maximum atomic E-state index is 6.79. The molecule has 0 bridgehead atoms. The van der Waals surface area contributed by atoms with Gasteiger partial charge in [-0.05, 0) is 71.6 Å². The summed E-state index contributed by atoms with van der Waals surface area (Å²) in [5, 5.41) is 12.1. The molecule has 218 valence electrons.